The topological polar surface area (TPSA) is 67.4 Å². The number of hydrogen-bond donors (Lipinski definition) is 2. The number of nitrogens with one attached hydrogen (secondary N) is 2. The molecule has 2 aromatic carbocycles. The number of amides is 2. The Morgan fingerprint density at radius 2 is 1.92 bits per heavy atom. The maximum Gasteiger partial charge on any atom is 0.248 e. The average molecular weight is 389 g/mol. The Labute approximate surface area is 148 Å². The summed E-state index contributed by atoms with van der Waals surface area (Å²) in [5.41, 5.74) is 1.96. The van der Waals surface area contributed by atoms with Crippen molar-refractivity contribution in [3.8, 4) is 5.75 Å². The number of benzene rings is 2. The van der Waals surface area contributed by atoms with Gasteiger partial charge in [-0.05, 0) is 42.0 Å². The molecule has 2 N–H and O–H groups in total. The molecule has 0 saturated carbocycles. The van der Waals surface area contributed by atoms with Gasteiger partial charge in [0.25, 0.3) is 0 Å². The highest BCUT2D eigenvalue weighted by Gasteiger charge is 2.07. The molecule has 0 unspecified atom stereocenters. The maximum atomic E-state index is 12.1. The van der Waals surface area contributed by atoms with E-state index in [2.05, 4.69) is 26.6 Å². The van der Waals surface area contributed by atoms with Gasteiger partial charge in [0, 0.05) is 23.2 Å². The number of carbonyl (C=O) groups is 2. The Morgan fingerprint density at radius 3 is 2.58 bits per heavy atom. The van der Waals surface area contributed by atoms with Gasteiger partial charge >= 0.3 is 0 Å². The fourth-order valence-electron chi connectivity index (χ4n) is 2.04. The largest absolute Gasteiger partial charge is 0.495 e. The first-order chi connectivity index (χ1) is 11.5. The summed E-state index contributed by atoms with van der Waals surface area (Å²) >= 11 is 3.38. The molecular weight excluding hydrogens is 372 g/mol. The standard InChI is InChI=1S/C18H17BrN2O3/c1-12(22)20-15-7-8-17(24-2)16(11-15)21-18(23)9-6-13-4-3-5-14(19)10-13/h3-11H,1-2H3,(H,20,22)(H,21,23)/b9-6+. The van der Waals surface area contributed by atoms with Crippen molar-refractivity contribution in [1.82, 2.24) is 0 Å². The lowest BCUT2D eigenvalue weighted by Gasteiger charge is -2.11. The zero-order valence-electron chi connectivity index (χ0n) is 13.3. The van der Waals surface area contributed by atoms with E-state index in [9.17, 15) is 9.59 Å². The summed E-state index contributed by atoms with van der Waals surface area (Å²) in [5, 5.41) is 5.41. The fraction of sp³-hybridized carbons (Fsp3) is 0.111. The van der Waals surface area contributed by atoms with Crippen LogP contribution in [0.1, 0.15) is 12.5 Å². The molecule has 0 bridgehead atoms. The van der Waals surface area contributed by atoms with Crippen molar-refractivity contribution in [2.75, 3.05) is 17.7 Å². The molecule has 0 aromatic heterocycles. The van der Waals surface area contributed by atoms with Crippen molar-refractivity contribution < 1.29 is 14.3 Å². The molecule has 2 amide bonds. The molecule has 0 aliphatic carbocycles. The van der Waals surface area contributed by atoms with E-state index in [1.165, 1.54) is 20.1 Å². The second-order valence-corrected chi connectivity index (χ2v) is 5.89. The Balaban J connectivity index is 2.13. The van der Waals surface area contributed by atoms with Crippen LogP contribution >= 0.6 is 15.9 Å². The Bertz CT molecular complexity index is 788. The van der Waals surface area contributed by atoms with Crippen molar-refractivity contribution >= 4 is 45.2 Å². The predicted octanol–water partition coefficient (Wildman–Crippen LogP) is 4.07. The first-order valence-corrected chi connectivity index (χ1v) is 7.97. The number of hydrogen-bond acceptors (Lipinski definition) is 3. The second-order valence-electron chi connectivity index (χ2n) is 4.97. The van der Waals surface area contributed by atoms with E-state index < -0.39 is 0 Å². The number of ether oxygens (including phenoxy) is 1. The molecule has 0 radical (unpaired) electrons. The molecule has 6 heteroatoms. The fourth-order valence-corrected chi connectivity index (χ4v) is 2.46. The van der Waals surface area contributed by atoms with Crippen LogP contribution in [0.4, 0.5) is 11.4 Å². The number of methoxy groups -OCH3 is 1. The van der Waals surface area contributed by atoms with Gasteiger partial charge in [-0.25, -0.2) is 0 Å². The van der Waals surface area contributed by atoms with Crippen molar-refractivity contribution in [1.29, 1.82) is 0 Å². The van der Waals surface area contributed by atoms with Gasteiger partial charge in [0.15, 0.2) is 0 Å². The maximum absolute atomic E-state index is 12.1. The summed E-state index contributed by atoms with van der Waals surface area (Å²) in [6.45, 7) is 1.42. The molecular formula is C18H17BrN2O3. The minimum Gasteiger partial charge on any atom is -0.495 e. The quantitative estimate of drug-likeness (QED) is 0.758. The van der Waals surface area contributed by atoms with Gasteiger partial charge in [-0.1, -0.05) is 28.1 Å². The van der Waals surface area contributed by atoms with Gasteiger partial charge in [0.2, 0.25) is 11.8 Å². The molecule has 0 aliphatic heterocycles. The molecule has 124 valence electrons. The summed E-state index contributed by atoms with van der Waals surface area (Å²) < 4.78 is 6.17. The molecule has 0 atom stereocenters. The lowest BCUT2D eigenvalue weighted by atomic mass is 10.2. The van der Waals surface area contributed by atoms with E-state index in [4.69, 9.17) is 4.74 Å². The van der Waals surface area contributed by atoms with Crippen molar-refractivity contribution in [2.45, 2.75) is 6.92 Å². The zero-order valence-corrected chi connectivity index (χ0v) is 14.9. The lowest BCUT2D eigenvalue weighted by molar-refractivity contribution is -0.114. The monoisotopic (exact) mass is 388 g/mol. The number of halogens is 1. The number of rotatable bonds is 5. The lowest BCUT2D eigenvalue weighted by Crippen LogP contribution is -2.10. The van der Waals surface area contributed by atoms with Crippen molar-refractivity contribution in [3.63, 3.8) is 0 Å². The van der Waals surface area contributed by atoms with E-state index in [1.54, 1.807) is 24.3 Å². The van der Waals surface area contributed by atoms with Crippen LogP contribution in [0, 0.1) is 0 Å². The first kappa shape index (κ1) is 17.7. The minimum absolute atomic E-state index is 0.188. The van der Waals surface area contributed by atoms with Gasteiger partial charge in [-0.3, -0.25) is 9.59 Å². The highest BCUT2D eigenvalue weighted by Crippen LogP contribution is 2.28. The molecule has 24 heavy (non-hydrogen) atoms. The number of carbonyl (C=O) groups excluding carboxylic acids is 2. The van der Waals surface area contributed by atoms with Gasteiger partial charge in [0.05, 0.1) is 12.8 Å². The van der Waals surface area contributed by atoms with Crippen molar-refractivity contribution in [3.05, 3.63) is 58.6 Å². The van der Waals surface area contributed by atoms with E-state index in [-0.39, 0.29) is 11.8 Å². The van der Waals surface area contributed by atoms with E-state index in [0.717, 1.165) is 10.0 Å². The normalized spacial score (nSPS) is 10.5. The van der Waals surface area contributed by atoms with Crippen LogP contribution in [0.2, 0.25) is 0 Å². The average Bonchev–Trinajstić information content (AvgIpc) is 2.53. The zero-order chi connectivity index (χ0) is 17.5. The highest BCUT2D eigenvalue weighted by molar-refractivity contribution is 9.10. The van der Waals surface area contributed by atoms with Gasteiger partial charge in [-0.2, -0.15) is 0 Å². The predicted molar refractivity (Wildman–Crippen MR) is 99.1 cm³/mol. The second kappa shape index (κ2) is 8.31. The van der Waals surface area contributed by atoms with Crippen LogP contribution < -0.4 is 15.4 Å². The van der Waals surface area contributed by atoms with Crippen LogP contribution in [0.5, 0.6) is 5.75 Å². The van der Waals surface area contributed by atoms with Gasteiger partial charge in [0.1, 0.15) is 5.75 Å². The third-order valence-electron chi connectivity index (χ3n) is 3.05. The molecule has 0 fully saturated rings. The van der Waals surface area contributed by atoms with Crippen LogP contribution in [-0.4, -0.2) is 18.9 Å². The third-order valence-corrected chi connectivity index (χ3v) is 3.55. The van der Waals surface area contributed by atoms with Crippen LogP contribution in [0.25, 0.3) is 6.08 Å². The van der Waals surface area contributed by atoms with E-state index in [1.807, 2.05) is 24.3 Å². The van der Waals surface area contributed by atoms with Crippen LogP contribution in [-0.2, 0) is 9.59 Å². The van der Waals surface area contributed by atoms with E-state index in [0.29, 0.717) is 17.1 Å². The molecule has 0 saturated heterocycles. The molecule has 5 nitrogen and oxygen atoms in total. The summed E-state index contributed by atoms with van der Waals surface area (Å²) in [4.78, 5) is 23.3. The molecule has 2 aromatic rings. The Hall–Kier alpha value is -2.60. The summed E-state index contributed by atoms with van der Waals surface area (Å²) in [6, 6.07) is 12.6. The Kier molecular flexibility index (Phi) is 6.14. The smallest absolute Gasteiger partial charge is 0.248 e. The Morgan fingerprint density at radius 1 is 1.12 bits per heavy atom. The summed E-state index contributed by atoms with van der Waals surface area (Å²) in [6.07, 6.45) is 3.15. The summed E-state index contributed by atoms with van der Waals surface area (Å²) in [7, 11) is 1.51. The highest BCUT2D eigenvalue weighted by atomic mass is 79.9. The molecule has 0 heterocycles. The van der Waals surface area contributed by atoms with Gasteiger partial charge in [-0.15, -0.1) is 0 Å². The molecule has 0 spiro atoms. The summed E-state index contributed by atoms with van der Waals surface area (Å²) in [5.74, 6) is 0.0218. The van der Waals surface area contributed by atoms with Crippen LogP contribution in [0.3, 0.4) is 0 Å². The van der Waals surface area contributed by atoms with Crippen LogP contribution in [0.15, 0.2) is 53.0 Å². The van der Waals surface area contributed by atoms with Crippen molar-refractivity contribution in [2.24, 2.45) is 0 Å². The first-order valence-electron chi connectivity index (χ1n) is 7.18. The van der Waals surface area contributed by atoms with Gasteiger partial charge < -0.3 is 15.4 Å². The molecule has 2 rings (SSSR count). The molecule has 0 aliphatic rings. The SMILES string of the molecule is COc1ccc(NC(C)=O)cc1NC(=O)/C=C/c1cccc(Br)c1. The minimum atomic E-state index is -0.298. The van der Waals surface area contributed by atoms with E-state index >= 15 is 0 Å². The number of anilines is 2. The third kappa shape index (κ3) is 5.24.